The van der Waals surface area contributed by atoms with Crippen LogP contribution in [0.5, 0.6) is 5.75 Å². The van der Waals surface area contributed by atoms with Gasteiger partial charge in [0.05, 0.1) is 18.5 Å². The Balaban J connectivity index is 2.05. The summed E-state index contributed by atoms with van der Waals surface area (Å²) in [5.41, 5.74) is 1.12. The van der Waals surface area contributed by atoms with Crippen molar-refractivity contribution in [2.75, 3.05) is 25.5 Å². The number of ether oxygens (including phenoxy) is 2. The molecule has 1 fully saturated rings. The van der Waals surface area contributed by atoms with Crippen molar-refractivity contribution in [3.8, 4) is 5.75 Å². The van der Waals surface area contributed by atoms with Crippen LogP contribution in [0.1, 0.15) is 24.3 Å². The summed E-state index contributed by atoms with van der Waals surface area (Å²) in [5, 5.41) is 9.41. The number of amides is 1. The number of carboxylic acid groups (broad SMARTS) is 1. The summed E-state index contributed by atoms with van der Waals surface area (Å²) in [6, 6.07) is 7.68. The molecule has 7 heteroatoms. The van der Waals surface area contributed by atoms with Crippen molar-refractivity contribution in [2.24, 2.45) is 0 Å². The predicted octanol–water partition coefficient (Wildman–Crippen LogP) is 3.37. The molecule has 1 heterocycles. The molecular formula is C17H20BrNO5. The summed E-state index contributed by atoms with van der Waals surface area (Å²) < 4.78 is 10.3. The second-order valence-electron chi connectivity index (χ2n) is 5.49. The lowest BCUT2D eigenvalue weighted by atomic mass is 9.89. The molecule has 0 radical (unpaired) electrons. The third-order valence-electron chi connectivity index (χ3n) is 3.96. The minimum Gasteiger partial charge on any atom is -0.466 e. The highest BCUT2D eigenvalue weighted by Gasteiger charge is 2.23. The first kappa shape index (κ1) is 18.3. The molecule has 1 N–H and O–H groups in total. The molecule has 0 spiro atoms. The van der Waals surface area contributed by atoms with Crippen molar-refractivity contribution in [2.45, 2.75) is 18.8 Å². The largest absolute Gasteiger partial charge is 0.466 e. The molecule has 130 valence electrons. The van der Waals surface area contributed by atoms with E-state index in [1.165, 1.54) is 18.1 Å². The molecule has 1 amide bonds. The van der Waals surface area contributed by atoms with E-state index in [2.05, 4.69) is 20.7 Å². The van der Waals surface area contributed by atoms with Crippen LogP contribution >= 0.6 is 15.9 Å². The topological polar surface area (TPSA) is 76.1 Å². The van der Waals surface area contributed by atoms with E-state index in [-0.39, 0.29) is 0 Å². The van der Waals surface area contributed by atoms with Gasteiger partial charge in [-0.15, -0.1) is 0 Å². The van der Waals surface area contributed by atoms with E-state index in [9.17, 15) is 9.59 Å². The van der Waals surface area contributed by atoms with Crippen LogP contribution in [0.3, 0.4) is 0 Å². The van der Waals surface area contributed by atoms with Crippen LogP contribution in [0.4, 0.5) is 4.79 Å². The third-order valence-corrected chi connectivity index (χ3v) is 4.51. The summed E-state index contributed by atoms with van der Waals surface area (Å²) in [7, 11) is 1.31. The van der Waals surface area contributed by atoms with Crippen LogP contribution in [0.25, 0.3) is 0 Å². The number of esters is 1. The Hall–Kier alpha value is -2.02. The highest BCUT2D eigenvalue weighted by molar-refractivity contribution is 9.09. The van der Waals surface area contributed by atoms with Crippen LogP contribution in [-0.2, 0) is 9.53 Å². The molecule has 0 aliphatic carbocycles. The fourth-order valence-corrected chi connectivity index (χ4v) is 2.95. The fourth-order valence-electron chi connectivity index (χ4n) is 2.67. The first-order valence-corrected chi connectivity index (χ1v) is 8.75. The molecule has 0 saturated carbocycles. The van der Waals surface area contributed by atoms with Crippen molar-refractivity contribution in [3.63, 3.8) is 0 Å². The van der Waals surface area contributed by atoms with E-state index in [4.69, 9.17) is 9.84 Å². The number of allylic oxidation sites excluding steroid dienone is 1. The summed E-state index contributed by atoms with van der Waals surface area (Å²) in [6.45, 7) is 1.08. The van der Waals surface area contributed by atoms with Crippen molar-refractivity contribution in [1.29, 1.82) is 0 Å². The summed E-state index contributed by atoms with van der Waals surface area (Å²) in [4.78, 5) is 23.7. The van der Waals surface area contributed by atoms with Gasteiger partial charge in [-0.3, -0.25) is 0 Å². The Bertz CT molecular complexity index is 623. The lowest BCUT2D eigenvalue weighted by Crippen LogP contribution is -2.36. The summed E-state index contributed by atoms with van der Waals surface area (Å²) >= 11 is 3.28. The van der Waals surface area contributed by atoms with Gasteiger partial charge in [0, 0.05) is 13.1 Å². The number of rotatable bonds is 5. The van der Waals surface area contributed by atoms with Crippen LogP contribution < -0.4 is 4.74 Å². The molecule has 1 aromatic rings. The first-order valence-electron chi connectivity index (χ1n) is 7.63. The van der Waals surface area contributed by atoms with Crippen molar-refractivity contribution in [1.82, 2.24) is 4.90 Å². The normalized spacial score (nSPS) is 15.9. The molecular weight excluding hydrogens is 378 g/mol. The maximum atomic E-state index is 11.3. The minimum absolute atomic E-state index is 0.307. The van der Waals surface area contributed by atoms with Gasteiger partial charge in [-0.2, -0.15) is 0 Å². The van der Waals surface area contributed by atoms with Gasteiger partial charge in [0.15, 0.2) is 0 Å². The summed E-state index contributed by atoms with van der Waals surface area (Å²) in [6.07, 6.45) is 2.02. The molecule has 6 nitrogen and oxygen atoms in total. The number of hydrogen-bond donors (Lipinski definition) is 1. The Kier molecular flexibility index (Phi) is 6.66. The number of carbonyl (C=O) groups is 2. The van der Waals surface area contributed by atoms with Gasteiger partial charge in [-0.05, 0) is 36.5 Å². The lowest BCUT2D eigenvalue weighted by Gasteiger charge is -2.30. The molecule has 1 saturated heterocycles. The van der Waals surface area contributed by atoms with E-state index >= 15 is 0 Å². The Morgan fingerprint density at radius 3 is 2.67 bits per heavy atom. The van der Waals surface area contributed by atoms with Gasteiger partial charge in [0.25, 0.3) is 0 Å². The Labute approximate surface area is 149 Å². The zero-order valence-electron chi connectivity index (χ0n) is 13.4. The number of benzene rings is 1. The maximum Gasteiger partial charge on any atom is 0.407 e. The molecule has 0 bridgehead atoms. The highest BCUT2D eigenvalue weighted by atomic mass is 79.9. The maximum absolute atomic E-state index is 11.3. The number of carbonyl (C=O) groups excluding carboxylic acids is 1. The van der Waals surface area contributed by atoms with E-state index in [1.807, 2.05) is 24.3 Å². The average Bonchev–Trinajstić information content (AvgIpc) is 2.61. The number of piperidine rings is 1. The smallest absolute Gasteiger partial charge is 0.407 e. The van der Waals surface area contributed by atoms with Crippen molar-refractivity contribution >= 4 is 28.0 Å². The van der Waals surface area contributed by atoms with Crippen molar-refractivity contribution in [3.05, 3.63) is 41.7 Å². The van der Waals surface area contributed by atoms with Gasteiger partial charge in [0.1, 0.15) is 11.5 Å². The van der Waals surface area contributed by atoms with Gasteiger partial charge >= 0.3 is 12.1 Å². The number of nitrogens with zero attached hydrogens (tertiary/aromatic N) is 1. The predicted molar refractivity (Wildman–Crippen MR) is 92.5 cm³/mol. The average molecular weight is 398 g/mol. The zero-order chi connectivity index (χ0) is 17.5. The minimum atomic E-state index is -0.861. The van der Waals surface area contributed by atoms with Crippen LogP contribution in [-0.4, -0.2) is 47.6 Å². The number of hydrogen-bond acceptors (Lipinski definition) is 4. The molecule has 2 rings (SSSR count). The molecule has 0 unspecified atom stereocenters. The second-order valence-corrected chi connectivity index (χ2v) is 6.05. The van der Waals surface area contributed by atoms with Gasteiger partial charge in [0.2, 0.25) is 0 Å². The van der Waals surface area contributed by atoms with Crippen LogP contribution in [0, 0.1) is 0 Å². The van der Waals surface area contributed by atoms with E-state index < -0.39 is 12.1 Å². The lowest BCUT2D eigenvalue weighted by molar-refractivity contribution is -0.135. The van der Waals surface area contributed by atoms with Gasteiger partial charge < -0.3 is 19.5 Å². The number of methoxy groups -OCH3 is 1. The zero-order valence-corrected chi connectivity index (χ0v) is 15.0. The number of alkyl halides is 1. The molecule has 1 aliphatic rings. The summed E-state index contributed by atoms with van der Waals surface area (Å²) in [5.74, 6) is 0.935. The molecule has 1 aliphatic heterocycles. The van der Waals surface area contributed by atoms with E-state index in [0.29, 0.717) is 35.8 Å². The van der Waals surface area contributed by atoms with E-state index in [0.717, 1.165) is 18.4 Å². The van der Waals surface area contributed by atoms with Crippen LogP contribution in [0.15, 0.2) is 36.1 Å². The highest BCUT2D eigenvalue weighted by Crippen LogP contribution is 2.30. The molecule has 24 heavy (non-hydrogen) atoms. The van der Waals surface area contributed by atoms with E-state index in [1.54, 1.807) is 0 Å². The van der Waals surface area contributed by atoms with Crippen molar-refractivity contribution < 1.29 is 24.2 Å². The monoisotopic (exact) mass is 397 g/mol. The standard InChI is InChI=1S/C17H20BrNO5/c1-23-16(20)10-15(11-18)24-14-4-2-3-13(9-14)12-5-7-19(8-6-12)17(21)22/h2-4,9-10,12H,5-8,11H2,1H3,(H,21,22). The first-order chi connectivity index (χ1) is 11.5. The SMILES string of the molecule is COC(=O)C=C(CBr)Oc1cccc(C2CCN(C(=O)O)CC2)c1. The molecule has 0 atom stereocenters. The van der Waals surface area contributed by atoms with Crippen LogP contribution in [0.2, 0.25) is 0 Å². The van der Waals surface area contributed by atoms with Gasteiger partial charge in [-0.1, -0.05) is 28.1 Å². The Morgan fingerprint density at radius 2 is 2.08 bits per heavy atom. The quantitative estimate of drug-likeness (QED) is 0.356. The fraction of sp³-hybridized carbons (Fsp3) is 0.412. The number of halogens is 1. The molecule has 0 aromatic heterocycles. The molecule has 1 aromatic carbocycles. The third kappa shape index (κ3) is 4.99. The Morgan fingerprint density at radius 1 is 1.38 bits per heavy atom. The number of likely N-dealkylation sites (tertiary alicyclic amines) is 1. The second kappa shape index (κ2) is 8.73. The van der Waals surface area contributed by atoms with Gasteiger partial charge in [-0.25, -0.2) is 9.59 Å².